The third-order valence-corrected chi connectivity index (χ3v) is 2.92. The van der Waals surface area contributed by atoms with Crippen LogP contribution in [0.15, 0.2) is 21.6 Å². The van der Waals surface area contributed by atoms with Crippen molar-refractivity contribution in [2.75, 3.05) is 13.7 Å². The fraction of sp³-hybridized carbons (Fsp3) is 0.250. The van der Waals surface area contributed by atoms with E-state index in [2.05, 4.69) is 4.74 Å². The number of hydrogen-bond donors (Lipinski definition) is 2. The Morgan fingerprint density at radius 2 is 2.12 bits per heavy atom. The molecule has 0 fully saturated rings. The number of nitrogens with one attached hydrogen (secondary N) is 1. The maximum absolute atomic E-state index is 11.4. The number of sulfonamides is 1. The monoisotopic (exact) mass is 263 g/mol. The summed E-state index contributed by atoms with van der Waals surface area (Å²) in [6.45, 7) is -0.781. The molecule has 0 saturated carbocycles. The number of hydrogen-bond acceptors (Lipinski definition) is 6. The summed E-state index contributed by atoms with van der Waals surface area (Å²) >= 11 is 0. The Balaban J connectivity index is 2.89. The molecule has 17 heavy (non-hydrogen) atoms. The fourth-order valence-electron chi connectivity index (χ4n) is 0.903. The highest BCUT2D eigenvalue weighted by Gasteiger charge is 2.21. The maximum Gasteiger partial charge on any atom is 0.374 e. The van der Waals surface area contributed by atoms with Crippen molar-refractivity contribution < 1.29 is 32.3 Å². The van der Waals surface area contributed by atoms with Gasteiger partial charge in [0, 0.05) is 0 Å². The number of carboxylic acid groups (broad SMARTS) is 1. The topological polar surface area (TPSA) is 123 Å². The van der Waals surface area contributed by atoms with Crippen LogP contribution in [-0.4, -0.2) is 39.1 Å². The third-order valence-electron chi connectivity index (χ3n) is 1.65. The first kappa shape index (κ1) is 13.2. The molecule has 0 aliphatic rings. The zero-order valence-electron chi connectivity index (χ0n) is 8.67. The SMILES string of the molecule is COC(=O)c1ccc(S(=O)(=O)NCC(=O)O)o1. The van der Waals surface area contributed by atoms with Gasteiger partial charge in [-0.25, -0.2) is 13.2 Å². The van der Waals surface area contributed by atoms with Gasteiger partial charge in [0.2, 0.25) is 10.9 Å². The zero-order chi connectivity index (χ0) is 13.1. The van der Waals surface area contributed by atoms with E-state index >= 15 is 0 Å². The molecule has 9 heteroatoms. The molecule has 1 heterocycles. The lowest BCUT2D eigenvalue weighted by atomic mass is 10.5. The number of furan rings is 1. The van der Waals surface area contributed by atoms with Gasteiger partial charge >= 0.3 is 11.9 Å². The summed E-state index contributed by atoms with van der Waals surface area (Å²) in [5.74, 6) is -2.46. The lowest BCUT2D eigenvalue weighted by Crippen LogP contribution is -2.29. The number of carboxylic acids is 1. The van der Waals surface area contributed by atoms with Crippen LogP contribution in [-0.2, 0) is 19.6 Å². The summed E-state index contributed by atoms with van der Waals surface area (Å²) in [5, 5.41) is 7.77. The van der Waals surface area contributed by atoms with E-state index in [0.717, 1.165) is 19.2 Å². The molecule has 0 radical (unpaired) electrons. The molecule has 0 aromatic carbocycles. The number of rotatable bonds is 5. The van der Waals surface area contributed by atoms with E-state index in [9.17, 15) is 18.0 Å². The molecule has 0 spiro atoms. The number of ether oxygens (including phenoxy) is 1. The predicted octanol–water partition coefficient (Wildman–Crippen LogP) is -0.571. The second-order valence-corrected chi connectivity index (χ2v) is 4.53. The number of methoxy groups -OCH3 is 1. The van der Waals surface area contributed by atoms with Gasteiger partial charge in [0.15, 0.2) is 0 Å². The Kier molecular flexibility index (Phi) is 3.86. The average Bonchev–Trinajstić information content (AvgIpc) is 2.75. The molecule has 0 unspecified atom stereocenters. The minimum atomic E-state index is -4.08. The molecule has 2 N–H and O–H groups in total. The van der Waals surface area contributed by atoms with Crippen molar-refractivity contribution in [2.24, 2.45) is 0 Å². The van der Waals surface area contributed by atoms with E-state index in [0.29, 0.717) is 0 Å². The highest BCUT2D eigenvalue weighted by Crippen LogP contribution is 2.14. The van der Waals surface area contributed by atoms with Crippen LogP contribution in [0.25, 0.3) is 0 Å². The molecule has 0 amide bonds. The van der Waals surface area contributed by atoms with Crippen molar-refractivity contribution in [3.8, 4) is 0 Å². The Bertz CT molecular complexity index is 530. The summed E-state index contributed by atoms with van der Waals surface area (Å²) in [4.78, 5) is 21.2. The fourth-order valence-corrected chi connectivity index (χ4v) is 1.81. The van der Waals surface area contributed by atoms with E-state index in [4.69, 9.17) is 9.52 Å². The Hall–Kier alpha value is -1.87. The molecule has 0 atom stereocenters. The number of carbonyl (C=O) groups excluding carboxylic acids is 1. The highest BCUT2D eigenvalue weighted by molar-refractivity contribution is 7.89. The number of esters is 1. The standard InChI is InChI=1S/C8H9NO7S/c1-15-8(12)5-2-3-7(16-5)17(13,14)9-4-6(10)11/h2-3,9H,4H2,1H3,(H,10,11). The third kappa shape index (κ3) is 3.29. The van der Waals surface area contributed by atoms with E-state index in [1.807, 2.05) is 0 Å². The van der Waals surface area contributed by atoms with E-state index in [1.165, 1.54) is 0 Å². The molecule has 0 aliphatic carbocycles. The largest absolute Gasteiger partial charge is 0.480 e. The van der Waals surface area contributed by atoms with Gasteiger partial charge in [-0.1, -0.05) is 0 Å². The van der Waals surface area contributed by atoms with Crippen molar-refractivity contribution in [1.82, 2.24) is 4.72 Å². The van der Waals surface area contributed by atoms with Crippen LogP contribution in [0.3, 0.4) is 0 Å². The second-order valence-electron chi connectivity index (χ2n) is 2.83. The first-order chi connectivity index (χ1) is 7.86. The lowest BCUT2D eigenvalue weighted by Gasteiger charge is -2.00. The van der Waals surface area contributed by atoms with Gasteiger partial charge in [-0.3, -0.25) is 4.79 Å². The molecular weight excluding hydrogens is 254 g/mol. The summed E-state index contributed by atoms with van der Waals surface area (Å²) in [6, 6.07) is 2.14. The van der Waals surface area contributed by atoms with Crippen LogP contribution >= 0.6 is 0 Å². The van der Waals surface area contributed by atoms with Gasteiger partial charge in [-0.15, -0.1) is 0 Å². The summed E-state index contributed by atoms with van der Waals surface area (Å²) in [7, 11) is -2.97. The summed E-state index contributed by atoms with van der Waals surface area (Å²) in [5.41, 5.74) is 0. The minimum Gasteiger partial charge on any atom is -0.480 e. The molecule has 0 saturated heterocycles. The predicted molar refractivity (Wildman–Crippen MR) is 52.9 cm³/mol. The van der Waals surface area contributed by atoms with Crippen LogP contribution in [0.5, 0.6) is 0 Å². The van der Waals surface area contributed by atoms with Gasteiger partial charge in [0.05, 0.1) is 7.11 Å². The van der Waals surface area contributed by atoms with Gasteiger partial charge < -0.3 is 14.3 Å². The van der Waals surface area contributed by atoms with E-state index in [1.54, 1.807) is 4.72 Å². The summed E-state index contributed by atoms with van der Waals surface area (Å²) in [6.07, 6.45) is 0. The second kappa shape index (κ2) is 4.97. The van der Waals surface area contributed by atoms with Crippen molar-refractivity contribution in [2.45, 2.75) is 5.09 Å². The van der Waals surface area contributed by atoms with E-state index in [-0.39, 0.29) is 5.76 Å². The quantitative estimate of drug-likeness (QED) is 0.682. The van der Waals surface area contributed by atoms with Crippen molar-refractivity contribution in [1.29, 1.82) is 0 Å². The highest BCUT2D eigenvalue weighted by atomic mass is 32.2. The van der Waals surface area contributed by atoms with Crippen LogP contribution in [0.2, 0.25) is 0 Å². The van der Waals surface area contributed by atoms with Crippen molar-refractivity contribution in [3.05, 3.63) is 17.9 Å². The van der Waals surface area contributed by atoms with Crippen molar-refractivity contribution >= 4 is 22.0 Å². The number of aliphatic carboxylic acids is 1. The zero-order valence-corrected chi connectivity index (χ0v) is 9.48. The van der Waals surface area contributed by atoms with Gasteiger partial charge in [-0.2, -0.15) is 4.72 Å². The number of carbonyl (C=O) groups is 2. The molecule has 8 nitrogen and oxygen atoms in total. The first-order valence-corrected chi connectivity index (χ1v) is 5.75. The van der Waals surface area contributed by atoms with Crippen molar-refractivity contribution in [3.63, 3.8) is 0 Å². The van der Waals surface area contributed by atoms with Gasteiger partial charge in [0.25, 0.3) is 10.0 Å². The minimum absolute atomic E-state index is 0.289. The molecule has 1 rings (SSSR count). The van der Waals surface area contributed by atoms with Crippen LogP contribution in [0.1, 0.15) is 10.6 Å². The maximum atomic E-state index is 11.4. The van der Waals surface area contributed by atoms with E-state index < -0.39 is 33.6 Å². The smallest absolute Gasteiger partial charge is 0.374 e. The van der Waals surface area contributed by atoms with Gasteiger partial charge in [-0.05, 0) is 12.1 Å². The van der Waals surface area contributed by atoms with Gasteiger partial charge in [0.1, 0.15) is 6.54 Å². The average molecular weight is 263 g/mol. The summed E-state index contributed by atoms with van der Waals surface area (Å²) < 4.78 is 33.7. The van der Waals surface area contributed by atoms with Crippen LogP contribution in [0, 0.1) is 0 Å². The molecule has 94 valence electrons. The molecule has 0 aliphatic heterocycles. The Morgan fingerprint density at radius 3 is 2.65 bits per heavy atom. The Morgan fingerprint density at radius 1 is 1.47 bits per heavy atom. The van der Waals surface area contributed by atoms with Crippen LogP contribution in [0.4, 0.5) is 0 Å². The molecule has 1 aromatic rings. The normalized spacial score (nSPS) is 11.1. The molecular formula is C8H9NO7S. The Labute approximate surface area is 96.2 Å². The molecule has 1 aromatic heterocycles. The first-order valence-electron chi connectivity index (χ1n) is 4.26. The lowest BCUT2D eigenvalue weighted by molar-refractivity contribution is -0.135. The molecule has 0 bridgehead atoms. The van der Waals surface area contributed by atoms with Crippen LogP contribution < -0.4 is 4.72 Å².